The lowest BCUT2D eigenvalue weighted by molar-refractivity contribution is 1.01. The topological polar surface area (TPSA) is 0 Å². The molecular formula is C11H11Cl. The van der Waals surface area contributed by atoms with Crippen molar-refractivity contribution in [3.05, 3.63) is 34.3 Å². The molecule has 0 aromatic heterocycles. The van der Waals surface area contributed by atoms with E-state index in [-0.39, 0.29) is 0 Å². The number of terminal acetylenes is 1. The number of hydrogen-bond acceptors (Lipinski definition) is 0. The van der Waals surface area contributed by atoms with Gasteiger partial charge in [-0.1, -0.05) is 23.7 Å². The molecule has 0 N–H and O–H groups in total. The van der Waals surface area contributed by atoms with Crippen LogP contribution in [0.5, 0.6) is 0 Å². The van der Waals surface area contributed by atoms with Gasteiger partial charge in [0.1, 0.15) is 0 Å². The van der Waals surface area contributed by atoms with Crippen LogP contribution >= 0.6 is 11.6 Å². The Morgan fingerprint density at radius 1 is 1.50 bits per heavy atom. The van der Waals surface area contributed by atoms with Crippen LogP contribution in [0.15, 0.2) is 18.2 Å². The lowest BCUT2D eigenvalue weighted by atomic mass is 10.0. The van der Waals surface area contributed by atoms with Gasteiger partial charge in [-0.15, -0.1) is 12.3 Å². The summed E-state index contributed by atoms with van der Waals surface area (Å²) in [5, 5.41) is 0.824. The highest BCUT2D eigenvalue weighted by Gasteiger charge is 2.01. The second-order valence-corrected chi connectivity index (χ2v) is 3.15. The third-order valence-electron chi connectivity index (χ3n) is 1.87. The van der Waals surface area contributed by atoms with Gasteiger partial charge in [-0.2, -0.15) is 0 Å². The van der Waals surface area contributed by atoms with Crippen LogP contribution in [0, 0.1) is 19.3 Å². The first-order valence-corrected chi connectivity index (χ1v) is 4.31. The van der Waals surface area contributed by atoms with Gasteiger partial charge in [-0.3, -0.25) is 0 Å². The summed E-state index contributed by atoms with van der Waals surface area (Å²) >= 11 is 6.00. The Bertz CT molecular complexity index is 287. The predicted octanol–water partition coefficient (Wildman–Crippen LogP) is 3.21. The summed E-state index contributed by atoms with van der Waals surface area (Å²) in [5.41, 5.74) is 2.40. The molecule has 0 spiro atoms. The van der Waals surface area contributed by atoms with Crippen molar-refractivity contribution in [1.29, 1.82) is 0 Å². The van der Waals surface area contributed by atoms with E-state index in [1.54, 1.807) is 0 Å². The van der Waals surface area contributed by atoms with E-state index in [0.717, 1.165) is 17.9 Å². The van der Waals surface area contributed by atoms with Gasteiger partial charge < -0.3 is 0 Å². The van der Waals surface area contributed by atoms with Crippen molar-refractivity contribution in [3.8, 4) is 12.3 Å². The van der Waals surface area contributed by atoms with E-state index in [2.05, 4.69) is 18.9 Å². The zero-order valence-electron chi connectivity index (χ0n) is 7.10. The normalized spacial score (nSPS) is 9.42. The second-order valence-electron chi connectivity index (χ2n) is 2.74. The summed E-state index contributed by atoms with van der Waals surface area (Å²) < 4.78 is 0. The first-order valence-electron chi connectivity index (χ1n) is 3.93. The highest BCUT2D eigenvalue weighted by atomic mass is 35.5. The molecule has 1 aromatic carbocycles. The molecule has 0 nitrogen and oxygen atoms in total. The van der Waals surface area contributed by atoms with Crippen LogP contribution in [0.4, 0.5) is 0 Å². The van der Waals surface area contributed by atoms with Crippen LogP contribution in [0.2, 0.25) is 5.02 Å². The Morgan fingerprint density at radius 2 is 2.25 bits per heavy atom. The number of aryl methyl sites for hydroxylation is 1. The van der Waals surface area contributed by atoms with Gasteiger partial charge in [0.15, 0.2) is 0 Å². The average Bonchev–Trinajstić information content (AvgIpc) is 2.04. The molecule has 0 atom stereocenters. The summed E-state index contributed by atoms with van der Waals surface area (Å²) in [4.78, 5) is 0. The zero-order chi connectivity index (χ0) is 8.97. The van der Waals surface area contributed by atoms with Gasteiger partial charge in [0.25, 0.3) is 0 Å². The molecule has 12 heavy (non-hydrogen) atoms. The molecule has 62 valence electrons. The fourth-order valence-corrected chi connectivity index (χ4v) is 1.50. The molecule has 0 aliphatic carbocycles. The summed E-state index contributed by atoms with van der Waals surface area (Å²) in [6, 6.07) is 5.91. The smallest absolute Gasteiger partial charge is 0.0440 e. The minimum Gasteiger partial charge on any atom is -0.120 e. The van der Waals surface area contributed by atoms with Crippen LogP contribution < -0.4 is 0 Å². The maximum absolute atomic E-state index is 6.00. The van der Waals surface area contributed by atoms with Crippen molar-refractivity contribution < 1.29 is 0 Å². The molecule has 0 heterocycles. The third kappa shape index (κ3) is 2.03. The molecule has 0 aliphatic rings. The van der Waals surface area contributed by atoms with Crippen LogP contribution in [0.1, 0.15) is 17.5 Å². The summed E-state index contributed by atoms with van der Waals surface area (Å²) in [6.45, 7) is 2.05. The van der Waals surface area contributed by atoms with Gasteiger partial charge in [0.2, 0.25) is 0 Å². The maximum Gasteiger partial charge on any atom is 0.0440 e. The summed E-state index contributed by atoms with van der Waals surface area (Å²) in [7, 11) is 0. The first kappa shape index (κ1) is 9.16. The van der Waals surface area contributed by atoms with Gasteiger partial charge in [0.05, 0.1) is 0 Å². The highest BCUT2D eigenvalue weighted by Crippen LogP contribution is 2.20. The minimum absolute atomic E-state index is 0.755. The molecule has 0 saturated heterocycles. The van der Waals surface area contributed by atoms with E-state index in [4.69, 9.17) is 18.0 Å². The van der Waals surface area contributed by atoms with Crippen LogP contribution in [-0.2, 0) is 6.42 Å². The molecule has 1 heteroatoms. The van der Waals surface area contributed by atoms with Crippen molar-refractivity contribution in [2.75, 3.05) is 0 Å². The van der Waals surface area contributed by atoms with E-state index in [1.807, 2.05) is 12.1 Å². The fourth-order valence-electron chi connectivity index (χ4n) is 1.18. The van der Waals surface area contributed by atoms with Gasteiger partial charge >= 0.3 is 0 Å². The van der Waals surface area contributed by atoms with Crippen molar-refractivity contribution in [2.24, 2.45) is 0 Å². The van der Waals surface area contributed by atoms with Crippen LogP contribution in [-0.4, -0.2) is 0 Å². The molecule has 1 rings (SSSR count). The van der Waals surface area contributed by atoms with E-state index < -0.39 is 0 Å². The average molecular weight is 179 g/mol. The number of hydrogen-bond donors (Lipinski definition) is 0. The minimum atomic E-state index is 0.755. The lowest BCUT2D eigenvalue weighted by Gasteiger charge is -2.05. The zero-order valence-corrected chi connectivity index (χ0v) is 7.86. The Balaban J connectivity index is 2.90. The molecule has 0 saturated carbocycles. The fraction of sp³-hybridized carbons (Fsp3) is 0.273. The van der Waals surface area contributed by atoms with Crippen LogP contribution in [0.3, 0.4) is 0 Å². The SMILES string of the molecule is C#CCCc1c(C)cccc1Cl. The summed E-state index contributed by atoms with van der Waals surface area (Å²) in [6.07, 6.45) is 6.81. The van der Waals surface area contributed by atoms with E-state index in [0.29, 0.717) is 0 Å². The van der Waals surface area contributed by atoms with Crippen molar-refractivity contribution in [3.63, 3.8) is 0 Å². The monoisotopic (exact) mass is 178 g/mol. The lowest BCUT2D eigenvalue weighted by Crippen LogP contribution is -1.89. The Labute approximate surface area is 78.6 Å². The van der Waals surface area contributed by atoms with E-state index in [9.17, 15) is 0 Å². The predicted molar refractivity (Wildman–Crippen MR) is 53.3 cm³/mol. The molecule has 0 radical (unpaired) electrons. The first-order chi connectivity index (χ1) is 5.75. The van der Waals surface area contributed by atoms with Gasteiger partial charge in [0, 0.05) is 11.4 Å². The highest BCUT2D eigenvalue weighted by molar-refractivity contribution is 6.31. The molecular weight excluding hydrogens is 168 g/mol. The third-order valence-corrected chi connectivity index (χ3v) is 2.23. The Morgan fingerprint density at radius 3 is 2.83 bits per heavy atom. The van der Waals surface area contributed by atoms with Crippen molar-refractivity contribution in [1.82, 2.24) is 0 Å². The molecule has 0 fully saturated rings. The van der Waals surface area contributed by atoms with E-state index >= 15 is 0 Å². The quantitative estimate of drug-likeness (QED) is 0.611. The van der Waals surface area contributed by atoms with Crippen molar-refractivity contribution >= 4 is 11.6 Å². The second kappa shape index (κ2) is 4.18. The molecule has 0 bridgehead atoms. The largest absolute Gasteiger partial charge is 0.120 e. The Hall–Kier alpha value is -0.930. The molecule has 0 amide bonds. The van der Waals surface area contributed by atoms with E-state index in [1.165, 1.54) is 11.1 Å². The van der Waals surface area contributed by atoms with Gasteiger partial charge in [-0.25, -0.2) is 0 Å². The molecule has 0 aliphatic heterocycles. The van der Waals surface area contributed by atoms with Crippen LogP contribution in [0.25, 0.3) is 0 Å². The molecule has 1 aromatic rings. The molecule has 0 unspecified atom stereocenters. The van der Waals surface area contributed by atoms with Gasteiger partial charge in [-0.05, 0) is 30.5 Å². The number of halogens is 1. The Kier molecular flexibility index (Phi) is 3.19. The summed E-state index contributed by atoms with van der Waals surface area (Å²) in [5.74, 6) is 2.61. The standard InChI is InChI=1S/C11H11Cl/c1-3-4-7-10-9(2)6-5-8-11(10)12/h1,5-6,8H,4,7H2,2H3. The number of rotatable bonds is 2. The number of benzene rings is 1. The maximum atomic E-state index is 6.00. The van der Waals surface area contributed by atoms with Crippen molar-refractivity contribution in [2.45, 2.75) is 19.8 Å².